The predicted octanol–water partition coefficient (Wildman–Crippen LogP) is 3.99. The van der Waals surface area contributed by atoms with Gasteiger partial charge in [-0.3, -0.25) is 4.90 Å². The quantitative estimate of drug-likeness (QED) is 0.866. The Morgan fingerprint density at radius 3 is 2.68 bits per heavy atom. The molecule has 1 aliphatic carbocycles. The fourth-order valence-electron chi connectivity index (χ4n) is 4.25. The number of nitrogens with zero attached hydrogens (tertiary/aromatic N) is 1. The first kappa shape index (κ1) is 16.6. The van der Waals surface area contributed by atoms with Gasteiger partial charge in [-0.25, -0.2) is 0 Å². The van der Waals surface area contributed by atoms with Crippen LogP contribution in [0.15, 0.2) is 48.5 Å². The van der Waals surface area contributed by atoms with Crippen LogP contribution in [0.5, 0.6) is 0 Å². The summed E-state index contributed by atoms with van der Waals surface area (Å²) in [6.45, 7) is 3.54. The molecule has 2 N–H and O–H groups in total. The number of nitrogens with one attached hydrogen (secondary N) is 1. The van der Waals surface area contributed by atoms with Crippen LogP contribution in [-0.2, 0) is 13.0 Å². The number of hydrogen-bond donors (Lipinski definition) is 2. The largest absolute Gasteiger partial charge is 0.396 e. The van der Waals surface area contributed by atoms with Crippen LogP contribution in [0.1, 0.15) is 42.0 Å². The monoisotopic (exact) mass is 336 g/mol. The van der Waals surface area contributed by atoms with Gasteiger partial charge in [0.1, 0.15) is 0 Å². The zero-order valence-electron chi connectivity index (χ0n) is 14.8. The third-order valence-electron chi connectivity index (χ3n) is 5.77. The van der Waals surface area contributed by atoms with E-state index in [1.807, 2.05) is 0 Å². The van der Waals surface area contributed by atoms with Crippen molar-refractivity contribution in [3.8, 4) is 0 Å². The molecule has 0 aromatic heterocycles. The van der Waals surface area contributed by atoms with Gasteiger partial charge >= 0.3 is 0 Å². The second-order valence-electron chi connectivity index (χ2n) is 7.54. The number of benzene rings is 2. The molecule has 132 valence electrons. The molecular formula is C22H28N2O. The number of piperidine rings is 1. The lowest BCUT2D eigenvalue weighted by molar-refractivity contribution is 0.127. The number of aliphatic hydroxyl groups excluding tert-OH is 1. The van der Waals surface area contributed by atoms with Crippen LogP contribution >= 0.6 is 0 Å². The molecule has 0 amide bonds. The topological polar surface area (TPSA) is 35.5 Å². The first-order valence-electron chi connectivity index (χ1n) is 9.58. The molecule has 0 bridgehead atoms. The molecule has 2 aromatic carbocycles. The van der Waals surface area contributed by atoms with Crippen LogP contribution in [0.4, 0.5) is 5.69 Å². The van der Waals surface area contributed by atoms with E-state index in [1.54, 1.807) is 0 Å². The number of anilines is 1. The second-order valence-corrected chi connectivity index (χ2v) is 7.54. The number of likely N-dealkylation sites (tertiary alicyclic amines) is 1. The highest BCUT2D eigenvalue weighted by Crippen LogP contribution is 2.33. The lowest BCUT2D eigenvalue weighted by Gasteiger charge is -2.31. The first-order chi connectivity index (χ1) is 12.3. The van der Waals surface area contributed by atoms with E-state index in [-0.39, 0.29) is 0 Å². The highest BCUT2D eigenvalue weighted by Gasteiger charge is 2.22. The summed E-state index contributed by atoms with van der Waals surface area (Å²) in [5.74, 6) is 0.506. The molecule has 2 aromatic rings. The Balaban J connectivity index is 1.39. The minimum atomic E-state index is 0.343. The van der Waals surface area contributed by atoms with Crippen LogP contribution in [0.3, 0.4) is 0 Å². The molecule has 0 spiro atoms. The number of rotatable bonds is 5. The molecule has 0 saturated carbocycles. The SMILES string of the molecule is OCC1CCN(Cc2cccc(NC3CCc4ccccc43)c2)CC1. The van der Waals surface area contributed by atoms with E-state index in [0.717, 1.165) is 32.5 Å². The van der Waals surface area contributed by atoms with E-state index in [2.05, 4.69) is 58.7 Å². The fourth-order valence-corrected chi connectivity index (χ4v) is 4.25. The van der Waals surface area contributed by atoms with Crippen molar-refractivity contribution in [1.82, 2.24) is 4.90 Å². The van der Waals surface area contributed by atoms with E-state index in [1.165, 1.54) is 35.2 Å². The Hall–Kier alpha value is -1.84. The second kappa shape index (κ2) is 7.59. The number of fused-ring (bicyclic) bond motifs is 1. The van der Waals surface area contributed by atoms with Crippen molar-refractivity contribution in [2.75, 3.05) is 25.0 Å². The van der Waals surface area contributed by atoms with Crippen LogP contribution in [0.25, 0.3) is 0 Å². The van der Waals surface area contributed by atoms with E-state index in [0.29, 0.717) is 18.6 Å². The van der Waals surface area contributed by atoms with Gasteiger partial charge in [-0.1, -0.05) is 36.4 Å². The fraction of sp³-hybridized carbons (Fsp3) is 0.455. The van der Waals surface area contributed by atoms with Gasteiger partial charge in [0, 0.05) is 18.8 Å². The molecule has 3 nitrogen and oxygen atoms in total. The molecule has 1 atom stereocenters. The van der Waals surface area contributed by atoms with Gasteiger partial charge in [0.05, 0.1) is 6.04 Å². The predicted molar refractivity (Wildman–Crippen MR) is 103 cm³/mol. The summed E-state index contributed by atoms with van der Waals surface area (Å²) >= 11 is 0. The molecule has 1 saturated heterocycles. The van der Waals surface area contributed by atoms with Crippen molar-refractivity contribution < 1.29 is 5.11 Å². The Morgan fingerprint density at radius 2 is 1.84 bits per heavy atom. The molecule has 25 heavy (non-hydrogen) atoms. The maximum atomic E-state index is 9.28. The van der Waals surface area contributed by atoms with Crippen LogP contribution < -0.4 is 5.32 Å². The van der Waals surface area contributed by atoms with Gasteiger partial charge in [0.15, 0.2) is 0 Å². The van der Waals surface area contributed by atoms with Crippen molar-refractivity contribution in [2.24, 2.45) is 5.92 Å². The Kier molecular flexibility index (Phi) is 5.04. The van der Waals surface area contributed by atoms with E-state index >= 15 is 0 Å². The molecular weight excluding hydrogens is 308 g/mol. The Morgan fingerprint density at radius 1 is 1.00 bits per heavy atom. The smallest absolute Gasteiger partial charge is 0.0519 e. The molecule has 4 rings (SSSR count). The number of hydrogen-bond acceptors (Lipinski definition) is 3. The Bertz CT molecular complexity index is 707. The van der Waals surface area contributed by atoms with Gasteiger partial charge < -0.3 is 10.4 Å². The summed E-state index contributed by atoms with van der Waals surface area (Å²) in [6.07, 6.45) is 4.59. The summed E-state index contributed by atoms with van der Waals surface area (Å²) in [5.41, 5.74) is 5.55. The summed E-state index contributed by atoms with van der Waals surface area (Å²) in [5, 5.41) is 13.0. The van der Waals surface area contributed by atoms with Gasteiger partial charge in [0.25, 0.3) is 0 Å². The van der Waals surface area contributed by atoms with Crippen molar-refractivity contribution >= 4 is 5.69 Å². The van der Waals surface area contributed by atoms with Crippen molar-refractivity contribution in [3.63, 3.8) is 0 Å². The summed E-state index contributed by atoms with van der Waals surface area (Å²) < 4.78 is 0. The molecule has 0 radical (unpaired) electrons. The third-order valence-corrected chi connectivity index (χ3v) is 5.77. The molecule has 3 heteroatoms. The number of aryl methyl sites for hydroxylation is 1. The standard InChI is InChI=1S/C22H28N2O/c25-16-17-10-12-24(13-11-17)15-18-4-3-6-20(14-18)23-22-9-8-19-5-1-2-7-21(19)22/h1-7,14,17,22-23,25H,8-13,15-16H2. The Labute approximate surface area is 150 Å². The third kappa shape index (κ3) is 3.88. The maximum Gasteiger partial charge on any atom is 0.0519 e. The minimum absolute atomic E-state index is 0.343. The highest BCUT2D eigenvalue weighted by atomic mass is 16.3. The van der Waals surface area contributed by atoms with Crippen LogP contribution in [-0.4, -0.2) is 29.7 Å². The maximum absolute atomic E-state index is 9.28. The van der Waals surface area contributed by atoms with Crippen LogP contribution in [0, 0.1) is 5.92 Å². The van der Waals surface area contributed by atoms with Crippen molar-refractivity contribution in [1.29, 1.82) is 0 Å². The summed E-state index contributed by atoms with van der Waals surface area (Å²) in [4.78, 5) is 2.51. The van der Waals surface area contributed by atoms with Gasteiger partial charge in [0.2, 0.25) is 0 Å². The zero-order valence-corrected chi connectivity index (χ0v) is 14.8. The molecule has 1 heterocycles. The van der Waals surface area contributed by atoms with Gasteiger partial charge in [-0.05, 0) is 73.5 Å². The first-order valence-corrected chi connectivity index (χ1v) is 9.58. The molecule has 1 unspecified atom stereocenters. The lowest BCUT2D eigenvalue weighted by atomic mass is 9.97. The zero-order chi connectivity index (χ0) is 17.1. The van der Waals surface area contributed by atoms with E-state index in [4.69, 9.17) is 0 Å². The van der Waals surface area contributed by atoms with Crippen molar-refractivity contribution in [2.45, 2.75) is 38.3 Å². The molecule has 1 fully saturated rings. The van der Waals surface area contributed by atoms with E-state index < -0.39 is 0 Å². The van der Waals surface area contributed by atoms with Gasteiger partial charge in [-0.15, -0.1) is 0 Å². The minimum Gasteiger partial charge on any atom is -0.396 e. The lowest BCUT2D eigenvalue weighted by Crippen LogP contribution is -2.34. The number of aliphatic hydroxyl groups is 1. The summed E-state index contributed by atoms with van der Waals surface area (Å²) in [7, 11) is 0. The highest BCUT2D eigenvalue weighted by molar-refractivity contribution is 5.50. The average molecular weight is 336 g/mol. The normalized spacial score (nSPS) is 21.2. The van der Waals surface area contributed by atoms with Gasteiger partial charge in [-0.2, -0.15) is 0 Å². The summed E-state index contributed by atoms with van der Waals surface area (Å²) in [6, 6.07) is 18.1. The molecule has 2 aliphatic rings. The van der Waals surface area contributed by atoms with Crippen molar-refractivity contribution in [3.05, 3.63) is 65.2 Å². The van der Waals surface area contributed by atoms with Crippen LogP contribution in [0.2, 0.25) is 0 Å². The average Bonchev–Trinajstić information content (AvgIpc) is 3.06. The molecule has 1 aliphatic heterocycles. The van der Waals surface area contributed by atoms with E-state index in [9.17, 15) is 5.11 Å².